The van der Waals surface area contributed by atoms with Crippen molar-refractivity contribution in [1.29, 1.82) is 0 Å². The van der Waals surface area contributed by atoms with Crippen LogP contribution in [0.1, 0.15) is 48.9 Å². The highest BCUT2D eigenvalue weighted by molar-refractivity contribution is 6.04. The van der Waals surface area contributed by atoms with Gasteiger partial charge < -0.3 is 20.7 Å². The Labute approximate surface area is 230 Å². The van der Waals surface area contributed by atoms with E-state index in [1.807, 2.05) is 12.1 Å². The minimum atomic E-state index is -0.471. The number of Topliss-reactive ketones (excluding diaryl/α,β-unsaturated/α-hetero) is 1. The average molecular weight is 536 g/mol. The lowest BCUT2D eigenvalue weighted by Crippen LogP contribution is -2.39. The van der Waals surface area contributed by atoms with Gasteiger partial charge in [-0.2, -0.15) is 0 Å². The van der Waals surface area contributed by atoms with Gasteiger partial charge in [-0.05, 0) is 92.5 Å². The number of amides is 2. The van der Waals surface area contributed by atoms with Crippen molar-refractivity contribution < 1.29 is 19.5 Å². The van der Waals surface area contributed by atoms with Crippen molar-refractivity contribution in [2.75, 3.05) is 10.6 Å². The number of phenolic OH excluding ortho intramolecular Hbond substituents is 1. The van der Waals surface area contributed by atoms with Crippen LogP contribution < -0.4 is 10.6 Å². The zero-order valence-corrected chi connectivity index (χ0v) is 21.8. The van der Waals surface area contributed by atoms with Gasteiger partial charge in [0.15, 0.2) is 0 Å². The molecule has 2 heterocycles. The first-order valence-corrected chi connectivity index (χ1v) is 13.8. The number of nitrogens with one attached hydrogen (secondary N) is 3. The van der Waals surface area contributed by atoms with E-state index in [0.29, 0.717) is 58.9 Å². The summed E-state index contributed by atoms with van der Waals surface area (Å²) in [6.45, 7) is 0. The molecule has 9 nitrogen and oxygen atoms in total. The van der Waals surface area contributed by atoms with E-state index in [9.17, 15) is 19.5 Å². The van der Waals surface area contributed by atoms with Crippen molar-refractivity contribution in [2.45, 2.75) is 38.5 Å². The van der Waals surface area contributed by atoms with Gasteiger partial charge in [0.1, 0.15) is 23.2 Å². The second kappa shape index (κ2) is 9.29. The number of aromatic hydroxyl groups is 1. The number of hydrogen-bond acceptors (Lipinski definition) is 6. The summed E-state index contributed by atoms with van der Waals surface area (Å²) in [5, 5.41) is 15.3. The van der Waals surface area contributed by atoms with Crippen LogP contribution in [0.25, 0.3) is 22.4 Å². The predicted molar refractivity (Wildman–Crippen MR) is 150 cm³/mol. The minimum Gasteiger partial charge on any atom is -0.508 e. The maximum Gasteiger partial charge on any atom is 0.255 e. The Hall–Kier alpha value is -4.53. The predicted octanol–water partition coefficient (Wildman–Crippen LogP) is 5.31. The number of benzene rings is 2. The number of aromatic nitrogens is 3. The van der Waals surface area contributed by atoms with Crippen LogP contribution >= 0.6 is 0 Å². The molecule has 0 aliphatic heterocycles. The monoisotopic (exact) mass is 535 g/mol. The maximum absolute atomic E-state index is 13.5. The number of fused-ring (bicyclic) bond motifs is 3. The SMILES string of the molecule is O=C(Nc1ccc(-c2nc3cc(NC(=O)C45CC6CCC(=O)C(C4)C(C6)C5)ncc3[nH]2)cc1)c1ccc(O)cc1. The Bertz CT molecular complexity index is 1640. The number of phenols is 1. The third-order valence-corrected chi connectivity index (χ3v) is 9.00. The van der Waals surface area contributed by atoms with E-state index in [1.165, 1.54) is 12.1 Å². The smallest absolute Gasteiger partial charge is 0.255 e. The van der Waals surface area contributed by atoms with Crippen LogP contribution in [-0.4, -0.2) is 37.7 Å². The van der Waals surface area contributed by atoms with Crippen LogP contribution in [0.4, 0.5) is 11.5 Å². The van der Waals surface area contributed by atoms with Crippen LogP contribution in [0.15, 0.2) is 60.8 Å². The molecule has 4 aromatic rings. The van der Waals surface area contributed by atoms with Gasteiger partial charge in [-0.3, -0.25) is 14.4 Å². The van der Waals surface area contributed by atoms with Crippen molar-refractivity contribution in [3.63, 3.8) is 0 Å². The first-order chi connectivity index (χ1) is 19.3. The van der Waals surface area contributed by atoms with Gasteiger partial charge in [0.05, 0.1) is 22.6 Å². The molecule has 2 aromatic carbocycles. The first kappa shape index (κ1) is 24.5. The molecule has 4 atom stereocenters. The third kappa shape index (κ3) is 4.31. The lowest BCUT2D eigenvalue weighted by Gasteiger charge is -2.36. The average Bonchev–Trinajstić information content (AvgIpc) is 3.47. The summed E-state index contributed by atoms with van der Waals surface area (Å²) in [5.41, 5.74) is 2.87. The van der Waals surface area contributed by atoms with Gasteiger partial charge in [0, 0.05) is 35.2 Å². The highest BCUT2D eigenvalue weighted by atomic mass is 16.3. The van der Waals surface area contributed by atoms with Crippen molar-refractivity contribution in [2.24, 2.45) is 23.2 Å². The topological polar surface area (TPSA) is 137 Å². The second-order valence-electron chi connectivity index (χ2n) is 11.6. The molecular weight excluding hydrogens is 506 g/mol. The largest absolute Gasteiger partial charge is 0.508 e. The van der Waals surface area contributed by atoms with E-state index in [2.05, 4.69) is 20.6 Å². The summed E-state index contributed by atoms with van der Waals surface area (Å²) in [4.78, 5) is 51.0. The van der Waals surface area contributed by atoms with Crippen molar-refractivity contribution in [3.05, 3.63) is 66.4 Å². The molecule has 3 saturated carbocycles. The Morgan fingerprint density at radius 3 is 2.60 bits per heavy atom. The molecule has 3 aliphatic rings. The fraction of sp³-hybridized carbons (Fsp3) is 0.323. The Kier molecular flexibility index (Phi) is 5.69. The fourth-order valence-electron chi connectivity index (χ4n) is 7.09. The number of anilines is 2. The molecule has 0 saturated heterocycles. The minimum absolute atomic E-state index is 0.0213. The molecule has 0 radical (unpaired) electrons. The molecule has 2 amide bonds. The van der Waals surface area contributed by atoms with E-state index in [0.717, 1.165) is 36.8 Å². The highest BCUT2D eigenvalue weighted by Gasteiger charge is 2.57. The molecule has 4 N–H and O–H groups in total. The van der Waals surface area contributed by atoms with Gasteiger partial charge in [0.25, 0.3) is 5.91 Å². The summed E-state index contributed by atoms with van der Waals surface area (Å²) in [5.74, 6) is 2.10. The molecule has 3 aliphatic carbocycles. The van der Waals surface area contributed by atoms with Gasteiger partial charge in [-0.15, -0.1) is 0 Å². The van der Waals surface area contributed by atoms with Crippen LogP contribution in [0.2, 0.25) is 0 Å². The van der Waals surface area contributed by atoms with E-state index >= 15 is 0 Å². The zero-order valence-electron chi connectivity index (χ0n) is 21.8. The first-order valence-electron chi connectivity index (χ1n) is 13.8. The second-order valence-corrected chi connectivity index (χ2v) is 11.6. The molecule has 202 valence electrons. The number of hydrogen-bond donors (Lipinski definition) is 4. The summed E-state index contributed by atoms with van der Waals surface area (Å²) in [6, 6.07) is 15.1. The summed E-state index contributed by atoms with van der Waals surface area (Å²) in [6.07, 6.45) is 6.65. The number of carbonyl (C=O) groups is 3. The Morgan fingerprint density at radius 2 is 1.80 bits per heavy atom. The van der Waals surface area contributed by atoms with E-state index in [4.69, 9.17) is 4.98 Å². The summed E-state index contributed by atoms with van der Waals surface area (Å²) >= 11 is 0. The van der Waals surface area contributed by atoms with Gasteiger partial charge in [-0.1, -0.05) is 0 Å². The molecule has 40 heavy (non-hydrogen) atoms. The lowest BCUT2D eigenvalue weighted by atomic mass is 9.69. The zero-order chi connectivity index (χ0) is 27.4. The van der Waals surface area contributed by atoms with Gasteiger partial charge in [0.2, 0.25) is 5.91 Å². The number of H-pyrrole nitrogens is 1. The number of rotatable bonds is 5. The van der Waals surface area contributed by atoms with Crippen molar-refractivity contribution in [1.82, 2.24) is 15.0 Å². The fourth-order valence-corrected chi connectivity index (χ4v) is 7.09. The lowest BCUT2D eigenvalue weighted by molar-refractivity contribution is -0.128. The third-order valence-electron chi connectivity index (χ3n) is 9.00. The standard InChI is InChI=1S/C31H29N5O4/c37-22-8-4-19(5-9-22)29(39)33-21-6-2-18(3-7-21)28-34-24-12-27(32-16-25(24)35-28)36-30(40)31-13-17-1-10-26(38)23(15-31)20(11-17)14-31/h2-9,12,16-17,20,23,37H,1,10-11,13-15H2,(H,33,39)(H,34,35)(H,32,36,40). The summed E-state index contributed by atoms with van der Waals surface area (Å²) in [7, 11) is 0. The Morgan fingerprint density at radius 1 is 1.00 bits per heavy atom. The maximum atomic E-state index is 13.5. The molecule has 2 aromatic heterocycles. The number of imidazole rings is 1. The molecule has 9 heteroatoms. The molecular formula is C31H29N5O4. The molecule has 3 fully saturated rings. The van der Waals surface area contributed by atoms with Crippen molar-refractivity contribution >= 4 is 40.1 Å². The van der Waals surface area contributed by atoms with Crippen LogP contribution in [0, 0.1) is 23.2 Å². The number of ketones is 1. The van der Waals surface area contributed by atoms with Crippen LogP contribution in [0.3, 0.4) is 0 Å². The highest BCUT2D eigenvalue weighted by Crippen LogP contribution is 2.59. The number of pyridine rings is 1. The number of aromatic amines is 1. The summed E-state index contributed by atoms with van der Waals surface area (Å²) < 4.78 is 0. The molecule has 0 spiro atoms. The number of nitrogens with zero attached hydrogens (tertiary/aromatic N) is 2. The molecule has 3 bridgehead atoms. The quantitative estimate of drug-likeness (QED) is 0.273. The normalized spacial score (nSPS) is 25.1. The van der Waals surface area contributed by atoms with E-state index < -0.39 is 5.41 Å². The molecule has 7 rings (SSSR count). The van der Waals surface area contributed by atoms with E-state index in [-0.39, 0.29) is 23.5 Å². The van der Waals surface area contributed by atoms with Crippen LogP contribution in [-0.2, 0) is 9.59 Å². The van der Waals surface area contributed by atoms with Crippen LogP contribution in [0.5, 0.6) is 5.75 Å². The Balaban J connectivity index is 1.06. The van der Waals surface area contributed by atoms with E-state index in [1.54, 1.807) is 36.5 Å². The number of carbonyl (C=O) groups excluding carboxylic acids is 3. The van der Waals surface area contributed by atoms with Crippen molar-refractivity contribution in [3.8, 4) is 17.1 Å². The van der Waals surface area contributed by atoms with Gasteiger partial charge in [-0.25, -0.2) is 9.97 Å². The van der Waals surface area contributed by atoms with Gasteiger partial charge >= 0.3 is 0 Å². The molecule has 4 unspecified atom stereocenters.